The van der Waals surface area contributed by atoms with Gasteiger partial charge in [0.15, 0.2) is 0 Å². The molecule has 0 aromatic heterocycles. The van der Waals surface area contributed by atoms with Gasteiger partial charge in [0.05, 0.1) is 5.71 Å². The Bertz CT molecular complexity index is 269. The fourth-order valence-corrected chi connectivity index (χ4v) is 3.11. The van der Waals surface area contributed by atoms with Crippen molar-refractivity contribution in [2.75, 3.05) is 5.88 Å². The standard InChI is InChI=1S/C14H26ClNOS/c1-14(2,3)18(17)16-13(10-7-11-15)12-8-5-4-6-9-12/h12H,4-11H2,1-3H3/b16-13-. The summed E-state index contributed by atoms with van der Waals surface area (Å²) in [6.07, 6.45) is 8.18. The smallest absolute Gasteiger partial charge is 0.144 e. The third-order valence-corrected chi connectivity index (χ3v) is 5.08. The van der Waals surface area contributed by atoms with Crippen LogP contribution in [0.1, 0.15) is 65.7 Å². The number of hydrogen-bond acceptors (Lipinski definition) is 2. The average Bonchev–Trinajstić information content (AvgIpc) is 2.34. The maximum atomic E-state index is 12.2. The van der Waals surface area contributed by atoms with E-state index in [4.69, 9.17) is 11.6 Å². The van der Waals surface area contributed by atoms with Gasteiger partial charge in [-0.2, -0.15) is 0 Å². The molecule has 0 saturated heterocycles. The topological polar surface area (TPSA) is 35.4 Å². The second-order valence-corrected chi connectivity index (χ2v) is 8.36. The molecule has 0 bridgehead atoms. The molecule has 106 valence electrons. The minimum absolute atomic E-state index is 0.263. The Labute approximate surface area is 120 Å². The lowest BCUT2D eigenvalue weighted by Crippen LogP contribution is -2.29. The first-order chi connectivity index (χ1) is 8.45. The van der Waals surface area contributed by atoms with Crippen molar-refractivity contribution < 1.29 is 4.55 Å². The Morgan fingerprint density at radius 3 is 2.39 bits per heavy atom. The van der Waals surface area contributed by atoms with Gasteiger partial charge in [-0.15, -0.1) is 11.6 Å². The van der Waals surface area contributed by atoms with Gasteiger partial charge < -0.3 is 4.55 Å². The van der Waals surface area contributed by atoms with Crippen molar-refractivity contribution in [2.24, 2.45) is 10.3 Å². The summed E-state index contributed by atoms with van der Waals surface area (Å²) in [5.41, 5.74) is 1.16. The number of rotatable bonds is 5. The van der Waals surface area contributed by atoms with E-state index in [1.54, 1.807) is 0 Å². The lowest BCUT2D eigenvalue weighted by atomic mass is 9.84. The highest BCUT2D eigenvalue weighted by molar-refractivity contribution is 7.91. The van der Waals surface area contributed by atoms with E-state index in [1.807, 2.05) is 20.8 Å². The zero-order chi connectivity index (χ0) is 13.6. The van der Waals surface area contributed by atoms with Gasteiger partial charge in [-0.3, -0.25) is 0 Å². The molecule has 1 atom stereocenters. The summed E-state index contributed by atoms with van der Waals surface area (Å²) in [5, 5.41) is 0. The zero-order valence-electron chi connectivity index (χ0n) is 11.9. The molecule has 0 amide bonds. The van der Waals surface area contributed by atoms with Crippen LogP contribution in [0.4, 0.5) is 0 Å². The number of nitrogens with zero attached hydrogens (tertiary/aromatic N) is 1. The summed E-state index contributed by atoms with van der Waals surface area (Å²) >= 11 is 4.65. The summed E-state index contributed by atoms with van der Waals surface area (Å²) in [6, 6.07) is 0. The van der Waals surface area contributed by atoms with Crippen LogP contribution in [0.25, 0.3) is 0 Å². The van der Waals surface area contributed by atoms with Crippen molar-refractivity contribution in [2.45, 2.75) is 70.5 Å². The van der Waals surface area contributed by atoms with Crippen molar-refractivity contribution in [3.05, 3.63) is 0 Å². The molecule has 1 aliphatic rings. The van der Waals surface area contributed by atoms with Crippen molar-refractivity contribution in [1.82, 2.24) is 0 Å². The van der Waals surface area contributed by atoms with Crippen LogP contribution in [-0.4, -0.2) is 20.9 Å². The van der Waals surface area contributed by atoms with E-state index in [1.165, 1.54) is 32.1 Å². The molecule has 0 aliphatic heterocycles. The molecule has 0 spiro atoms. The molecule has 0 heterocycles. The molecule has 0 aromatic rings. The Kier molecular flexibility index (Phi) is 7.04. The van der Waals surface area contributed by atoms with Gasteiger partial charge in [0.2, 0.25) is 0 Å². The van der Waals surface area contributed by atoms with Gasteiger partial charge in [0.25, 0.3) is 0 Å². The molecule has 1 rings (SSSR count). The molecule has 4 heteroatoms. The van der Waals surface area contributed by atoms with Crippen molar-refractivity contribution in [1.29, 1.82) is 0 Å². The minimum atomic E-state index is -1.13. The molecule has 1 aliphatic carbocycles. The second-order valence-electron chi connectivity index (χ2n) is 6.07. The highest BCUT2D eigenvalue weighted by Crippen LogP contribution is 2.28. The molecule has 18 heavy (non-hydrogen) atoms. The van der Waals surface area contributed by atoms with E-state index in [0.29, 0.717) is 11.8 Å². The van der Waals surface area contributed by atoms with Gasteiger partial charge in [0.1, 0.15) is 16.1 Å². The molecule has 0 radical (unpaired) electrons. The fourth-order valence-electron chi connectivity index (χ4n) is 2.25. The van der Waals surface area contributed by atoms with Gasteiger partial charge in [0, 0.05) is 11.8 Å². The van der Waals surface area contributed by atoms with Crippen LogP contribution in [0.5, 0.6) is 0 Å². The summed E-state index contributed by atoms with van der Waals surface area (Å²) in [7, 11) is 0. The lowest BCUT2D eigenvalue weighted by molar-refractivity contribution is 0.435. The lowest BCUT2D eigenvalue weighted by Gasteiger charge is -2.25. The van der Waals surface area contributed by atoms with E-state index in [2.05, 4.69) is 4.40 Å². The predicted molar refractivity (Wildman–Crippen MR) is 81.9 cm³/mol. The maximum absolute atomic E-state index is 12.2. The highest BCUT2D eigenvalue weighted by Gasteiger charge is 2.29. The van der Waals surface area contributed by atoms with E-state index < -0.39 is 11.4 Å². The predicted octanol–water partition coefficient (Wildman–Crippen LogP) is 4.49. The van der Waals surface area contributed by atoms with E-state index in [-0.39, 0.29) is 4.75 Å². The van der Waals surface area contributed by atoms with Crippen molar-refractivity contribution in [3.8, 4) is 0 Å². The first-order valence-corrected chi connectivity index (χ1v) is 8.64. The van der Waals surface area contributed by atoms with E-state index in [0.717, 1.165) is 18.6 Å². The Morgan fingerprint density at radius 2 is 1.89 bits per heavy atom. The highest BCUT2D eigenvalue weighted by atomic mass is 35.5. The maximum Gasteiger partial charge on any atom is 0.144 e. The van der Waals surface area contributed by atoms with Gasteiger partial charge in [-0.05, 0) is 46.5 Å². The Hall–Kier alpha value is 0.270. The molecular weight excluding hydrogens is 266 g/mol. The molecule has 1 fully saturated rings. The molecule has 0 aromatic carbocycles. The fraction of sp³-hybridized carbons (Fsp3) is 0.929. The third kappa shape index (κ3) is 5.50. The summed E-state index contributed by atoms with van der Waals surface area (Å²) in [6.45, 7) is 5.94. The minimum Gasteiger partial charge on any atom is -0.591 e. The van der Waals surface area contributed by atoms with Crippen LogP contribution >= 0.6 is 11.6 Å². The van der Waals surface area contributed by atoms with Crippen LogP contribution in [0.3, 0.4) is 0 Å². The average molecular weight is 292 g/mol. The van der Waals surface area contributed by atoms with Crippen LogP contribution < -0.4 is 0 Å². The monoisotopic (exact) mass is 291 g/mol. The van der Waals surface area contributed by atoms with Crippen LogP contribution in [0, 0.1) is 5.92 Å². The zero-order valence-corrected chi connectivity index (χ0v) is 13.4. The quantitative estimate of drug-likeness (QED) is 0.417. The van der Waals surface area contributed by atoms with Gasteiger partial charge in [-0.1, -0.05) is 23.7 Å². The summed E-state index contributed by atoms with van der Waals surface area (Å²) in [5.74, 6) is 1.21. The Balaban J connectivity index is 2.72. The number of halogens is 1. The molecule has 1 unspecified atom stereocenters. The number of hydrogen-bond donors (Lipinski definition) is 0. The van der Waals surface area contributed by atoms with Crippen LogP contribution in [0.2, 0.25) is 0 Å². The number of alkyl halides is 1. The van der Waals surface area contributed by atoms with E-state index >= 15 is 0 Å². The Morgan fingerprint density at radius 1 is 1.28 bits per heavy atom. The molecule has 0 N–H and O–H groups in total. The normalized spacial score (nSPS) is 21.1. The van der Waals surface area contributed by atoms with Crippen molar-refractivity contribution >= 4 is 28.7 Å². The molecule has 1 saturated carbocycles. The first kappa shape index (κ1) is 16.3. The largest absolute Gasteiger partial charge is 0.591 e. The molecule has 2 nitrogen and oxygen atoms in total. The molecular formula is C14H26ClNOS. The first-order valence-electron chi connectivity index (χ1n) is 7.00. The van der Waals surface area contributed by atoms with Crippen LogP contribution in [-0.2, 0) is 11.4 Å². The SMILES string of the molecule is CC(C)(C)[S+]([O-])/N=C(/CCCCl)C1CCCCC1. The van der Waals surface area contributed by atoms with Gasteiger partial charge >= 0.3 is 0 Å². The van der Waals surface area contributed by atoms with Crippen LogP contribution in [0.15, 0.2) is 4.40 Å². The van der Waals surface area contributed by atoms with Crippen molar-refractivity contribution in [3.63, 3.8) is 0 Å². The third-order valence-electron chi connectivity index (χ3n) is 3.37. The second kappa shape index (κ2) is 7.76. The summed E-state index contributed by atoms with van der Waals surface area (Å²) < 4.78 is 16.4. The van der Waals surface area contributed by atoms with Gasteiger partial charge in [-0.25, -0.2) is 0 Å². The summed E-state index contributed by atoms with van der Waals surface area (Å²) in [4.78, 5) is 0. The van der Waals surface area contributed by atoms with E-state index in [9.17, 15) is 4.55 Å².